The molecule has 3 rings (SSSR count). The first-order valence-electron chi connectivity index (χ1n) is 7.77. The van der Waals surface area contributed by atoms with Gasteiger partial charge in [0.25, 0.3) is 0 Å². The molecule has 3 aromatic rings. The molecule has 1 atom stereocenters. The van der Waals surface area contributed by atoms with Gasteiger partial charge < -0.3 is 15.2 Å². The van der Waals surface area contributed by atoms with E-state index in [9.17, 15) is 18.3 Å². The Labute approximate surface area is 151 Å². The lowest BCUT2D eigenvalue weighted by Crippen LogP contribution is -2.38. The number of hydrogen-bond donors (Lipinski definition) is 4. The van der Waals surface area contributed by atoms with Gasteiger partial charge in [0.2, 0.25) is 10.0 Å². The standard InChI is InChI=1S/C10H13NO4S.C8H7NO/c1-7-3-5-9(6-4-7)16(14,15)11-8(2)10(12)13;10-8-5-9-7-4-2-1-3-6(7)8/h3-6,8,11H,1-2H3,(H,12,13);1-5,9-10H. The maximum Gasteiger partial charge on any atom is 0.321 e. The van der Waals surface area contributed by atoms with E-state index >= 15 is 0 Å². The Morgan fingerprint density at radius 3 is 2.31 bits per heavy atom. The van der Waals surface area contributed by atoms with E-state index in [1.165, 1.54) is 19.1 Å². The second-order valence-corrected chi connectivity index (χ2v) is 7.43. The monoisotopic (exact) mass is 376 g/mol. The molecule has 1 heterocycles. The van der Waals surface area contributed by atoms with Gasteiger partial charge >= 0.3 is 5.97 Å². The average Bonchev–Trinajstić information content (AvgIpc) is 2.97. The molecule has 0 radical (unpaired) electrons. The van der Waals surface area contributed by atoms with Crippen LogP contribution in [-0.4, -0.2) is 35.6 Å². The number of aromatic nitrogens is 1. The Morgan fingerprint density at radius 2 is 1.73 bits per heavy atom. The smallest absolute Gasteiger partial charge is 0.321 e. The van der Waals surface area contributed by atoms with Gasteiger partial charge in [0.1, 0.15) is 11.8 Å². The van der Waals surface area contributed by atoms with Crippen molar-refractivity contribution in [1.82, 2.24) is 9.71 Å². The SMILES string of the molecule is Cc1ccc(S(=O)(=O)NC(C)C(=O)O)cc1.Oc1c[nH]c2ccccc12. The third-order valence-corrected chi connectivity index (χ3v) is 5.16. The summed E-state index contributed by atoms with van der Waals surface area (Å²) < 4.78 is 25.4. The van der Waals surface area contributed by atoms with Crippen molar-refractivity contribution in [1.29, 1.82) is 0 Å². The number of carboxylic acid groups (broad SMARTS) is 1. The van der Waals surface area contributed by atoms with Gasteiger partial charge in [-0.05, 0) is 38.1 Å². The van der Waals surface area contributed by atoms with E-state index in [1.54, 1.807) is 18.3 Å². The molecule has 0 aliphatic rings. The number of aryl methyl sites for hydroxylation is 1. The number of benzene rings is 2. The number of rotatable bonds is 4. The zero-order valence-electron chi connectivity index (χ0n) is 14.3. The van der Waals surface area contributed by atoms with Crippen LogP contribution < -0.4 is 4.72 Å². The molecule has 0 spiro atoms. The second-order valence-electron chi connectivity index (χ2n) is 5.71. The van der Waals surface area contributed by atoms with Crippen LogP contribution >= 0.6 is 0 Å². The van der Waals surface area contributed by atoms with Gasteiger partial charge in [0.15, 0.2) is 0 Å². The number of aliphatic carboxylic acids is 1. The number of aromatic amines is 1. The summed E-state index contributed by atoms with van der Waals surface area (Å²) in [6.07, 6.45) is 1.59. The molecule has 0 saturated carbocycles. The molecule has 0 fully saturated rings. The van der Waals surface area contributed by atoms with Gasteiger partial charge in [-0.2, -0.15) is 4.72 Å². The molecule has 7 nitrogen and oxygen atoms in total. The summed E-state index contributed by atoms with van der Waals surface area (Å²) >= 11 is 0. The van der Waals surface area contributed by atoms with Crippen molar-refractivity contribution in [3.05, 3.63) is 60.3 Å². The maximum atomic E-state index is 11.7. The van der Waals surface area contributed by atoms with Gasteiger partial charge in [-0.3, -0.25) is 4.79 Å². The van der Waals surface area contributed by atoms with Crippen LogP contribution in [0.25, 0.3) is 10.9 Å². The van der Waals surface area contributed by atoms with Crippen molar-refractivity contribution in [2.45, 2.75) is 24.8 Å². The number of para-hydroxylation sites is 1. The number of aromatic hydroxyl groups is 1. The summed E-state index contributed by atoms with van der Waals surface area (Å²) in [5.74, 6) is -0.897. The van der Waals surface area contributed by atoms with Gasteiger partial charge in [-0.1, -0.05) is 29.8 Å². The van der Waals surface area contributed by atoms with Crippen LogP contribution in [0, 0.1) is 6.92 Å². The van der Waals surface area contributed by atoms with E-state index in [0.29, 0.717) is 5.75 Å². The lowest BCUT2D eigenvalue weighted by molar-refractivity contribution is -0.138. The quantitative estimate of drug-likeness (QED) is 0.558. The number of sulfonamides is 1. The molecule has 2 aromatic carbocycles. The first kappa shape index (κ1) is 19.5. The summed E-state index contributed by atoms with van der Waals surface area (Å²) in [4.78, 5) is 13.5. The molecule has 138 valence electrons. The minimum atomic E-state index is -3.75. The number of nitrogens with one attached hydrogen (secondary N) is 2. The van der Waals surface area contributed by atoms with Crippen molar-refractivity contribution in [3.8, 4) is 5.75 Å². The first-order valence-corrected chi connectivity index (χ1v) is 9.26. The lowest BCUT2D eigenvalue weighted by Gasteiger charge is -2.10. The van der Waals surface area contributed by atoms with Crippen molar-refractivity contribution in [2.75, 3.05) is 0 Å². The summed E-state index contributed by atoms with van der Waals surface area (Å²) in [6, 6.07) is 12.7. The molecule has 0 bridgehead atoms. The van der Waals surface area contributed by atoms with Gasteiger partial charge in [-0.15, -0.1) is 0 Å². The Hall–Kier alpha value is -2.84. The normalized spacial score (nSPS) is 12.2. The molecule has 0 aliphatic heterocycles. The van der Waals surface area contributed by atoms with Crippen molar-refractivity contribution >= 4 is 26.9 Å². The molecule has 1 aromatic heterocycles. The van der Waals surface area contributed by atoms with E-state index in [-0.39, 0.29) is 4.90 Å². The number of carbonyl (C=O) groups is 1. The summed E-state index contributed by atoms with van der Waals surface area (Å²) in [6.45, 7) is 3.11. The molecule has 4 N–H and O–H groups in total. The number of hydrogen-bond acceptors (Lipinski definition) is 4. The lowest BCUT2D eigenvalue weighted by atomic mass is 10.2. The van der Waals surface area contributed by atoms with E-state index in [1.807, 2.05) is 31.2 Å². The summed E-state index contributed by atoms with van der Waals surface area (Å²) in [7, 11) is -3.75. The summed E-state index contributed by atoms with van der Waals surface area (Å²) in [5.41, 5.74) is 1.91. The predicted molar refractivity (Wildman–Crippen MR) is 98.6 cm³/mol. The van der Waals surface area contributed by atoms with Gasteiger partial charge in [-0.25, -0.2) is 8.42 Å². The van der Waals surface area contributed by atoms with Gasteiger partial charge in [0.05, 0.1) is 4.90 Å². The van der Waals surface area contributed by atoms with Crippen LogP contribution in [0.1, 0.15) is 12.5 Å². The van der Waals surface area contributed by atoms with Crippen molar-refractivity contribution < 1.29 is 23.4 Å². The Kier molecular flexibility index (Phi) is 6.01. The molecule has 26 heavy (non-hydrogen) atoms. The first-order chi connectivity index (χ1) is 12.2. The fraction of sp³-hybridized carbons (Fsp3) is 0.167. The van der Waals surface area contributed by atoms with Crippen LogP contribution in [0.4, 0.5) is 0 Å². The molecule has 1 unspecified atom stereocenters. The fourth-order valence-electron chi connectivity index (χ4n) is 2.12. The minimum absolute atomic E-state index is 0.0613. The van der Waals surface area contributed by atoms with E-state index in [0.717, 1.165) is 16.5 Å². The van der Waals surface area contributed by atoms with E-state index in [2.05, 4.69) is 9.71 Å². The third kappa shape index (κ3) is 4.84. The highest BCUT2D eigenvalue weighted by Gasteiger charge is 2.20. The average molecular weight is 376 g/mol. The molecule has 0 aliphatic carbocycles. The zero-order chi connectivity index (χ0) is 19.3. The minimum Gasteiger partial charge on any atom is -0.506 e. The van der Waals surface area contributed by atoms with Crippen LogP contribution in [-0.2, 0) is 14.8 Å². The van der Waals surface area contributed by atoms with Crippen LogP contribution in [0.5, 0.6) is 5.75 Å². The maximum absolute atomic E-state index is 11.7. The predicted octanol–water partition coefficient (Wildman–Crippen LogP) is 2.62. The van der Waals surface area contributed by atoms with Crippen LogP contribution in [0.2, 0.25) is 0 Å². The fourth-order valence-corrected chi connectivity index (χ4v) is 3.32. The van der Waals surface area contributed by atoms with E-state index in [4.69, 9.17) is 5.11 Å². The Bertz CT molecular complexity index is 994. The Balaban J connectivity index is 0.000000206. The largest absolute Gasteiger partial charge is 0.506 e. The number of fused-ring (bicyclic) bond motifs is 1. The molecule has 0 amide bonds. The third-order valence-electron chi connectivity index (χ3n) is 3.60. The van der Waals surface area contributed by atoms with Crippen molar-refractivity contribution in [2.24, 2.45) is 0 Å². The van der Waals surface area contributed by atoms with E-state index < -0.39 is 22.0 Å². The topological polar surface area (TPSA) is 119 Å². The van der Waals surface area contributed by atoms with Crippen LogP contribution in [0.15, 0.2) is 59.6 Å². The van der Waals surface area contributed by atoms with Crippen LogP contribution in [0.3, 0.4) is 0 Å². The van der Waals surface area contributed by atoms with Gasteiger partial charge in [0, 0.05) is 17.1 Å². The number of H-pyrrole nitrogens is 1. The number of carboxylic acids is 1. The molecule has 8 heteroatoms. The molecular formula is C18H20N2O5S. The van der Waals surface area contributed by atoms with Crippen molar-refractivity contribution in [3.63, 3.8) is 0 Å². The zero-order valence-corrected chi connectivity index (χ0v) is 15.1. The molecular weight excluding hydrogens is 356 g/mol. The second kappa shape index (κ2) is 8.03. The molecule has 0 saturated heterocycles. The highest BCUT2D eigenvalue weighted by atomic mass is 32.2. The Morgan fingerprint density at radius 1 is 1.12 bits per heavy atom. The highest BCUT2D eigenvalue weighted by Crippen LogP contribution is 2.22. The highest BCUT2D eigenvalue weighted by molar-refractivity contribution is 7.89. The summed E-state index contributed by atoms with van der Waals surface area (Å²) in [5, 5.41) is 18.7.